The van der Waals surface area contributed by atoms with Crippen molar-refractivity contribution in [2.75, 3.05) is 13.1 Å². The third kappa shape index (κ3) is 3.61. The number of rotatable bonds is 5. The van der Waals surface area contributed by atoms with Crippen molar-refractivity contribution in [3.8, 4) is 0 Å². The van der Waals surface area contributed by atoms with Crippen LogP contribution in [0.3, 0.4) is 0 Å². The highest BCUT2D eigenvalue weighted by molar-refractivity contribution is 5.08. The SMILES string of the molecule is CCC1CCCN(C(c2ccco2)C(N)CC)CC1. The zero-order valence-electron chi connectivity index (χ0n) is 12.3. The van der Waals surface area contributed by atoms with E-state index in [0.717, 1.165) is 31.2 Å². The van der Waals surface area contributed by atoms with Crippen LogP contribution in [0.15, 0.2) is 22.8 Å². The molecule has 1 fully saturated rings. The topological polar surface area (TPSA) is 42.4 Å². The summed E-state index contributed by atoms with van der Waals surface area (Å²) in [6, 6.07) is 4.44. The van der Waals surface area contributed by atoms with Crippen LogP contribution in [-0.4, -0.2) is 24.0 Å². The van der Waals surface area contributed by atoms with E-state index in [1.54, 1.807) is 6.26 Å². The molecule has 0 amide bonds. The van der Waals surface area contributed by atoms with Gasteiger partial charge in [-0.1, -0.05) is 20.3 Å². The number of nitrogens with two attached hydrogens (primary N) is 1. The number of nitrogens with zero attached hydrogens (tertiary/aromatic N) is 1. The van der Waals surface area contributed by atoms with Gasteiger partial charge in [0.05, 0.1) is 12.3 Å². The lowest BCUT2D eigenvalue weighted by Gasteiger charge is -2.33. The first-order valence-electron chi connectivity index (χ1n) is 7.79. The first-order valence-corrected chi connectivity index (χ1v) is 7.79. The van der Waals surface area contributed by atoms with Crippen molar-refractivity contribution in [2.24, 2.45) is 11.7 Å². The minimum atomic E-state index is 0.157. The van der Waals surface area contributed by atoms with E-state index >= 15 is 0 Å². The minimum Gasteiger partial charge on any atom is -0.468 e. The second-order valence-electron chi connectivity index (χ2n) is 5.77. The monoisotopic (exact) mass is 264 g/mol. The first-order chi connectivity index (χ1) is 9.26. The van der Waals surface area contributed by atoms with Gasteiger partial charge in [-0.05, 0) is 56.8 Å². The Morgan fingerprint density at radius 1 is 1.37 bits per heavy atom. The highest BCUT2D eigenvalue weighted by Crippen LogP contribution is 2.30. The molecule has 3 atom stereocenters. The molecular formula is C16H28N2O. The molecule has 2 N–H and O–H groups in total. The van der Waals surface area contributed by atoms with Gasteiger partial charge in [0.2, 0.25) is 0 Å². The summed E-state index contributed by atoms with van der Waals surface area (Å²) in [5.41, 5.74) is 6.36. The maximum atomic E-state index is 6.36. The predicted molar refractivity (Wildman–Crippen MR) is 78.9 cm³/mol. The van der Waals surface area contributed by atoms with Crippen molar-refractivity contribution in [3.63, 3.8) is 0 Å². The zero-order valence-corrected chi connectivity index (χ0v) is 12.3. The Kier molecular flexibility index (Phi) is 5.46. The summed E-state index contributed by atoms with van der Waals surface area (Å²) in [5, 5.41) is 0. The van der Waals surface area contributed by atoms with Crippen LogP contribution in [0.5, 0.6) is 0 Å². The van der Waals surface area contributed by atoms with E-state index in [2.05, 4.69) is 24.8 Å². The summed E-state index contributed by atoms with van der Waals surface area (Å²) in [6.07, 6.45) is 7.99. The molecule has 2 heterocycles. The fourth-order valence-corrected chi connectivity index (χ4v) is 3.22. The third-order valence-corrected chi connectivity index (χ3v) is 4.56. The van der Waals surface area contributed by atoms with Gasteiger partial charge in [-0.3, -0.25) is 4.90 Å². The number of furan rings is 1. The molecule has 0 aliphatic carbocycles. The van der Waals surface area contributed by atoms with E-state index in [1.807, 2.05) is 6.07 Å². The zero-order chi connectivity index (χ0) is 13.7. The molecule has 3 heteroatoms. The normalized spacial score (nSPS) is 24.9. The molecule has 0 aromatic carbocycles. The van der Waals surface area contributed by atoms with Crippen LogP contribution in [0, 0.1) is 5.92 Å². The van der Waals surface area contributed by atoms with Crippen LogP contribution in [0.2, 0.25) is 0 Å². The number of hydrogen-bond acceptors (Lipinski definition) is 3. The molecule has 0 bridgehead atoms. The Balaban J connectivity index is 2.10. The van der Waals surface area contributed by atoms with Crippen molar-refractivity contribution in [1.29, 1.82) is 0 Å². The molecule has 1 aliphatic heterocycles. The van der Waals surface area contributed by atoms with Gasteiger partial charge in [-0.25, -0.2) is 0 Å². The summed E-state index contributed by atoms with van der Waals surface area (Å²) in [7, 11) is 0. The van der Waals surface area contributed by atoms with Gasteiger partial charge in [-0.2, -0.15) is 0 Å². The molecule has 19 heavy (non-hydrogen) atoms. The van der Waals surface area contributed by atoms with E-state index < -0.39 is 0 Å². The molecule has 2 rings (SSSR count). The molecule has 1 aliphatic rings. The molecule has 108 valence electrons. The van der Waals surface area contributed by atoms with E-state index in [9.17, 15) is 0 Å². The largest absolute Gasteiger partial charge is 0.468 e. The van der Waals surface area contributed by atoms with Gasteiger partial charge in [0.15, 0.2) is 0 Å². The highest BCUT2D eigenvalue weighted by atomic mass is 16.3. The fourth-order valence-electron chi connectivity index (χ4n) is 3.22. The Hall–Kier alpha value is -0.800. The molecule has 0 spiro atoms. The highest BCUT2D eigenvalue weighted by Gasteiger charge is 2.29. The van der Waals surface area contributed by atoms with Crippen LogP contribution in [0.1, 0.15) is 57.8 Å². The van der Waals surface area contributed by atoms with Crippen molar-refractivity contribution >= 4 is 0 Å². The summed E-state index contributed by atoms with van der Waals surface area (Å²) < 4.78 is 5.64. The molecule has 1 aromatic heterocycles. The third-order valence-electron chi connectivity index (χ3n) is 4.56. The van der Waals surface area contributed by atoms with Gasteiger partial charge in [0.1, 0.15) is 5.76 Å². The Labute approximate surface area is 117 Å². The number of likely N-dealkylation sites (tertiary alicyclic amines) is 1. The lowest BCUT2D eigenvalue weighted by atomic mass is 9.98. The van der Waals surface area contributed by atoms with Gasteiger partial charge in [-0.15, -0.1) is 0 Å². The average Bonchev–Trinajstić information content (AvgIpc) is 2.84. The van der Waals surface area contributed by atoms with Crippen LogP contribution < -0.4 is 5.73 Å². The fraction of sp³-hybridized carbons (Fsp3) is 0.750. The van der Waals surface area contributed by atoms with Crippen molar-refractivity contribution in [1.82, 2.24) is 4.90 Å². The summed E-state index contributed by atoms with van der Waals surface area (Å²) >= 11 is 0. The van der Waals surface area contributed by atoms with E-state index in [0.29, 0.717) is 0 Å². The lowest BCUT2D eigenvalue weighted by Crippen LogP contribution is -2.41. The van der Waals surface area contributed by atoms with E-state index in [4.69, 9.17) is 10.2 Å². The lowest BCUT2D eigenvalue weighted by molar-refractivity contribution is 0.151. The Morgan fingerprint density at radius 3 is 2.84 bits per heavy atom. The quantitative estimate of drug-likeness (QED) is 0.884. The molecule has 3 nitrogen and oxygen atoms in total. The Bertz CT molecular complexity index is 350. The van der Waals surface area contributed by atoms with Crippen LogP contribution >= 0.6 is 0 Å². The van der Waals surface area contributed by atoms with Crippen LogP contribution in [0.4, 0.5) is 0 Å². The summed E-state index contributed by atoms with van der Waals surface area (Å²) in [4.78, 5) is 2.54. The maximum absolute atomic E-state index is 6.36. The van der Waals surface area contributed by atoms with Gasteiger partial charge >= 0.3 is 0 Å². The molecule has 0 saturated carbocycles. The van der Waals surface area contributed by atoms with Gasteiger partial charge in [0.25, 0.3) is 0 Å². The minimum absolute atomic E-state index is 0.157. The number of hydrogen-bond donors (Lipinski definition) is 1. The molecule has 1 saturated heterocycles. The predicted octanol–water partition coefficient (Wildman–Crippen LogP) is 3.57. The second kappa shape index (κ2) is 7.11. The van der Waals surface area contributed by atoms with Crippen LogP contribution in [-0.2, 0) is 0 Å². The summed E-state index contributed by atoms with van der Waals surface area (Å²) in [5.74, 6) is 1.92. The average molecular weight is 264 g/mol. The molecule has 0 radical (unpaired) electrons. The maximum Gasteiger partial charge on any atom is 0.122 e. The smallest absolute Gasteiger partial charge is 0.122 e. The summed E-state index contributed by atoms with van der Waals surface area (Å²) in [6.45, 7) is 6.77. The van der Waals surface area contributed by atoms with Crippen molar-refractivity contribution in [3.05, 3.63) is 24.2 Å². The second-order valence-corrected chi connectivity index (χ2v) is 5.77. The molecule has 1 aromatic rings. The van der Waals surface area contributed by atoms with E-state index in [-0.39, 0.29) is 12.1 Å². The molecular weight excluding hydrogens is 236 g/mol. The Morgan fingerprint density at radius 2 is 2.21 bits per heavy atom. The van der Waals surface area contributed by atoms with Gasteiger partial charge < -0.3 is 10.2 Å². The molecule has 3 unspecified atom stereocenters. The van der Waals surface area contributed by atoms with E-state index in [1.165, 1.54) is 25.7 Å². The van der Waals surface area contributed by atoms with Gasteiger partial charge in [0, 0.05) is 6.04 Å². The van der Waals surface area contributed by atoms with Crippen molar-refractivity contribution in [2.45, 2.75) is 58.0 Å². The van der Waals surface area contributed by atoms with Crippen LogP contribution in [0.25, 0.3) is 0 Å². The first kappa shape index (κ1) is 14.6. The van der Waals surface area contributed by atoms with Crippen molar-refractivity contribution < 1.29 is 4.42 Å². The standard InChI is InChI=1S/C16H28N2O/c1-3-13-7-5-10-18(11-9-13)16(14(17)4-2)15-8-6-12-19-15/h6,8,12-14,16H,3-5,7,9-11,17H2,1-2H3.